The molecule has 0 unspecified atom stereocenters. The molecule has 0 saturated heterocycles. The fourth-order valence-electron chi connectivity index (χ4n) is 1.21. The summed E-state index contributed by atoms with van der Waals surface area (Å²) in [5.74, 6) is 0. The van der Waals surface area contributed by atoms with Crippen molar-refractivity contribution in [3.8, 4) is 0 Å². The Labute approximate surface area is 101 Å². The normalized spacial score (nSPS) is 18.4. The van der Waals surface area contributed by atoms with Crippen molar-refractivity contribution in [2.45, 2.75) is 32.1 Å². The van der Waals surface area contributed by atoms with Crippen molar-refractivity contribution >= 4 is 0 Å². The first-order valence-corrected chi connectivity index (χ1v) is 3.40. The molecule has 0 bridgehead atoms. The van der Waals surface area contributed by atoms with Crippen LogP contribution in [-0.2, 0) is 0 Å². The van der Waals surface area contributed by atoms with E-state index in [4.69, 9.17) is 0 Å². The molecule has 0 aromatic heterocycles. The Morgan fingerprint density at radius 1 is 1.11 bits per heavy atom. The van der Waals surface area contributed by atoms with Gasteiger partial charge >= 0.3 is 51.4 Å². The summed E-state index contributed by atoms with van der Waals surface area (Å²) in [6.07, 6.45) is 8.85. The molecule has 46 valence electrons. The third kappa shape index (κ3) is 3.84. The quantitative estimate of drug-likeness (QED) is 0.327. The fraction of sp³-hybridized carbons (Fsp3) is 0.625. The Morgan fingerprint density at radius 3 is 2.00 bits per heavy atom. The van der Waals surface area contributed by atoms with E-state index in [0.717, 1.165) is 0 Å². The summed E-state index contributed by atoms with van der Waals surface area (Å²) in [5, 5.41) is 0. The fourth-order valence-corrected chi connectivity index (χ4v) is 1.21. The summed E-state index contributed by atoms with van der Waals surface area (Å²) in [6, 6.07) is 0. The molecule has 0 N–H and O–H groups in total. The molecule has 0 aromatic carbocycles. The van der Waals surface area contributed by atoms with E-state index in [0.29, 0.717) is 0 Å². The standard InChI is InChI=1S/C8H13.K/c1-2-8-6-4-3-5-7-8;/h2H,1,3-7H2;/q-1;+1. The summed E-state index contributed by atoms with van der Waals surface area (Å²) in [7, 11) is 0. The number of hydrogen-bond acceptors (Lipinski definition) is 0. The minimum atomic E-state index is 0. The Kier molecular flexibility index (Phi) is 6.82. The zero-order chi connectivity index (χ0) is 5.82. The van der Waals surface area contributed by atoms with Crippen molar-refractivity contribution in [3.05, 3.63) is 18.6 Å². The summed E-state index contributed by atoms with van der Waals surface area (Å²) < 4.78 is 0. The van der Waals surface area contributed by atoms with Gasteiger partial charge in [0.15, 0.2) is 0 Å². The van der Waals surface area contributed by atoms with E-state index >= 15 is 0 Å². The number of hydrogen-bond donors (Lipinski definition) is 0. The average molecular weight is 148 g/mol. The van der Waals surface area contributed by atoms with Gasteiger partial charge in [0.1, 0.15) is 0 Å². The molecule has 0 nitrogen and oxygen atoms in total. The van der Waals surface area contributed by atoms with Crippen molar-refractivity contribution in [1.82, 2.24) is 0 Å². The summed E-state index contributed by atoms with van der Waals surface area (Å²) in [5.41, 5.74) is 1.57. The third-order valence-corrected chi connectivity index (χ3v) is 1.78. The monoisotopic (exact) mass is 148 g/mol. The Morgan fingerprint density at radius 2 is 1.67 bits per heavy atom. The van der Waals surface area contributed by atoms with Crippen LogP contribution in [-0.4, -0.2) is 0 Å². The van der Waals surface area contributed by atoms with Gasteiger partial charge in [0.05, 0.1) is 0 Å². The van der Waals surface area contributed by atoms with Crippen LogP contribution >= 0.6 is 0 Å². The molecular weight excluding hydrogens is 135 g/mol. The van der Waals surface area contributed by atoms with Gasteiger partial charge in [-0.3, -0.25) is 0 Å². The Hall–Kier alpha value is 1.25. The van der Waals surface area contributed by atoms with E-state index in [9.17, 15) is 0 Å². The van der Waals surface area contributed by atoms with Crippen molar-refractivity contribution in [2.24, 2.45) is 0 Å². The molecule has 0 spiro atoms. The minimum Gasteiger partial charge on any atom is -0.245 e. The summed E-state index contributed by atoms with van der Waals surface area (Å²) >= 11 is 0. The first-order chi connectivity index (χ1) is 3.93. The van der Waals surface area contributed by atoms with Gasteiger partial charge in [0.25, 0.3) is 0 Å². The molecule has 1 aliphatic carbocycles. The summed E-state index contributed by atoms with van der Waals surface area (Å²) in [6.45, 7) is 3.75. The average Bonchev–Trinajstić information content (AvgIpc) is 1.90. The number of allylic oxidation sites excluding steroid dienone is 2. The van der Waals surface area contributed by atoms with Gasteiger partial charge in [0, 0.05) is 0 Å². The van der Waals surface area contributed by atoms with Crippen LogP contribution in [0.2, 0.25) is 0 Å². The van der Waals surface area contributed by atoms with E-state index in [-0.39, 0.29) is 51.4 Å². The molecule has 0 aromatic rings. The van der Waals surface area contributed by atoms with Gasteiger partial charge in [-0.05, 0) is 0 Å². The molecule has 0 aliphatic heterocycles. The van der Waals surface area contributed by atoms with Gasteiger partial charge in [-0.15, -0.1) is 0 Å². The molecule has 0 radical (unpaired) electrons. The van der Waals surface area contributed by atoms with Crippen LogP contribution in [0.4, 0.5) is 0 Å². The second-order valence-corrected chi connectivity index (χ2v) is 2.42. The zero-order valence-electron chi connectivity index (χ0n) is 6.32. The van der Waals surface area contributed by atoms with Crippen molar-refractivity contribution < 1.29 is 51.4 Å². The van der Waals surface area contributed by atoms with Crippen LogP contribution in [0.5, 0.6) is 0 Å². The second kappa shape index (κ2) is 5.99. The molecule has 0 amide bonds. The molecule has 0 heterocycles. The molecular formula is C8H13K. The van der Waals surface area contributed by atoms with Crippen LogP contribution in [0.3, 0.4) is 0 Å². The smallest absolute Gasteiger partial charge is 0.245 e. The van der Waals surface area contributed by atoms with Crippen molar-refractivity contribution in [3.63, 3.8) is 0 Å². The maximum Gasteiger partial charge on any atom is 1.00 e. The maximum absolute atomic E-state index is 3.75. The molecule has 1 heteroatoms. The molecule has 1 fully saturated rings. The van der Waals surface area contributed by atoms with Gasteiger partial charge < -0.3 is 0 Å². The van der Waals surface area contributed by atoms with Crippen molar-refractivity contribution in [1.29, 1.82) is 0 Å². The van der Waals surface area contributed by atoms with Gasteiger partial charge in [-0.2, -0.15) is 0 Å². The third-order valence-electron chi connectivity index (χ3n) is 1.78. The van der Waals surface area contributed by atoms with Gasteiger partial charge in [0.2, 0.25) is 0 Å². The van der Waals surface area contributed by atoms with E-state index in [1.54, 1.807) is 5.57 Å². The van der Waals surface area contributed by atoms with Crippen LogP contribution in [0, 0.1) is 6.92 Å². The molecule has 0 atom stereocenters. The van der Waals surface area contributed by atoms with E-state index in [1.807, 2.05) is 6.08 Å². The molecule has 1 rings (SSSR count). The van der Waals surface area contributed by atoms with E-state index in [2.05, 4.69) is 6.92 Å². The second-order valence-electron chi connectivity index (χ2n) is 2.42. The zero-order valence-corrected chi connectivity index (χ0v) is 9.44. The van der Waals surface area contributed by atoms with Gasteiger partial charge in [-0.1, -0.05) is 32.1 Å². The topological polar surface area (TPSA) is 0 Å². The minimum absolute atomic E-state index is 0. The van der Waals surface area contributed by atoms with Gasteiger partial charge in [-0.25, -0.2) is 18.6 Å². The van der Waals surface area contributed by atoms with Crippen LogP contribution in [0.25, 0.3) is 0 Å². The van der Waals surface area contributed by atoms with Crippen LogP contribution in [0.15, 0.2) is 11.6 Å². The maximum atomic E-state index is 3.75. The molecule has 1 saturated carbocycles. The predicted octanol–water partition coefficient (Wildman–Crippen LogP) is -0.285. The predicted molar refractivity (Wildman–Crippen MR) is 36.5 cm³/mol. The van der Waals surface area contributed by atoms with Crippen LogP contribution in [0.1, 0.15) is 32.1 Å². The number of rotatable bonds is 0. The van der Waals surface area contributed by atoms with Crippen molar-refractivity contribution in [2.75, 3.05) is 0 Å². The molecule has 1 aliphatic rings. The Bertz CT molecular complexity index is 86.7. The first kappa shape index (κ1) is 10.2. The largest absolute Gasteiger partial charge is 1.00 e. The molecule has 9 heavy (non-hydrogen) atoms. The first-order valence-electron chi connectivity index (χ1n) is 3.40. The SMILES string of the molecule is [CH2-]C=C1CCCCC1.[K+]. The Balaban J connectivity index is 0.000000640. The van der Waals surface area contributed by atoms with Crippen LogP contribution < -0.4 is 51.4 Å². The van der Waals surface area contributed by atoms with E-state index < -0.39 is 0 Å². The summed E-state index contributed by atoms with van der Waals surface area (Å²) in [4.78, 5) is 0. The van der Waals surface area contributed by atoms with E-state index in [1.165, 1.54) is 32.1 Å².